The molecule has 1 fully saturated rings. The van der Waals surface area contributed by atoms with Crippen molar-refractivity contribution in [2.24, 2.45) is 0 Å². The number of aliphatic hydroxyl groups is 1. The van der Waals surface area contributed by atoms with Crippen LogP contribution >= 0.6 is 0 Å². The van der Waals surface area contributed by atoms with Gasteiger partial charge in [0, 0.05) is 4.92 Å². The maximum absolute atomic E-state index is 10.6. The summed E-state index contributed by atoms with van der Waals surface area (Å²) in [5.74, 6) is 0. The van der Waals surface area contributed by atoms with E-state index in [-0.39, 0.29) is 13.2 Å². The van der Waals surface area contributed by atoms with E-state index in [1.165, 1.54) is 0 Å². The molecule has 1 rings (SSSR count). The molecule has 1 aliphatic heterocycles. The quantitative estimate of drug-likeness (QED) is 0.427. The van der Waals surface area contributed by atoms with Crippen LogP contribution in [0.15, 0.2) is 0 Å². The first kappa shape index (κ1) is 9.37. The van der Waals surface area contributed by atoms with Crippen molar-refractivity contribution in [1.29, 1.82) is 0 Å². The average Bonchev–Trinajstić information content (AvgIpc) is 2.04. The minimum absolute atomic E-state index is 0.0131. The van der Waals surface area contributed by atoms with Crippen LogP contribution in [0.3, 0.4) is 0 Å². The van der Waals surface area contributed by atoms with Crippen LogP contribution in [0, 0.1) is 10.1 Å². The van der Waals surface area contributed by atoms with E-state index in [4.69, 9.17) is 9.84 Å². The van der Waals surface area contributed by atoms with Crippen molar-refractivity contribution in [3.8, 4) is 0 Å². The zero-order valence-corrected chi connectivity index (χ0v) is 6.89. The predicted octanol–water partition coefficient (Wildman–Crippen LogP) is -1.09. The van der Waals surface area contributed by atoms with E-state index < -0.39 is 17.1 Å². The molecule has 0 spiro atoms. The maximum Gasteiger partial charge on any atom is 0.280 e. The lowest BCUT2D eigenvalue weighted by atomic mass is 10.0. The molecule has 12 heavy (non-hydrogen) atoms. The topological polar surface area (TPSA) is 75.8 Å². The molecule has 0 aromatic heterocycles. The molecule has 0 unspecified atom stereocenters. The summed E-state index contributed by atoms with van der Waals surface area (Å²) in [6, 6.07) is 0. The summed E-state index contributed by atoms with van der Waals surface area (Å²) in [5, 5.41) is 19.5. The Kier molecular flexibility index (Phi) is 2.61. The van der Waals surface area contributed by atoms with Crippen LogP contribution in [-0.2, 0) is 4.74 Å². The van der Waals surface area contributed by atoms with Crippen LogP contribution in [0.1, 0.15) is 0 Å². The van der Waals surface area contributed by atoms with E-state index in [1.54, 1.807) is 11.9 Å². The molecule has 0 aromatic rings. The molecule has 6 nitrogen and oxygen atoms in total. The van der Waals surface area contributed by atoms with Gasteiger partial charge >= 0.3 is 0 Å². The summed E-state index contributed by atoms with van der Waals surface area (Å²) in [5.41, 5.74) is -1.33. The second kappa shape index (κ2) is 3.34. The fraction of sp³-hybridized carbons (Fsp3) is 1.00. The third kappa shape index (κ3) is 1.55. The molecule has 0 amide bonds. The largest absolute Gasteiger partial charge is 0.389 e. The molecule has 1 atom stereocenters. The minimum atomic E-state index is -1.33. The summed E-state index contributed by atoms with van der Waals surface area (Å²) < 4.78 is 4.97. The van der Waals surface area contributed by atoms with Crippen molar-refractivity contribution < 1.29 is 14.8 Å². The van der Waals surface area contributed by atoms with Gasteiger partial charge in [-0.15, -0.1) is 0 Å². The first-order valence-electron chi connectivity index (χ1n) is 3.62. The van der Waals surface area contributed by atoms with Gasteiger partial charge in [-0.3, -0.25) is 15.0 Å². The predicted molar refractivity (Wildman–Crippen MR) is 40.3 cm³/mol. The maximum atomic E-state index is 10.6. The lowest BCUT2D eigenvalue weighted by Gasteiger charge is -2.32. The van der Waals surface area contributed by atoms with Crippen LogP contribution in [0.2, 0.25) is 0 Å². The lowest BCUT2D eigenvalue weighted by Crippen LogP contribution is -2.58. The standard InChI is InChI=1S/C6H12N2O4/c1-7-2-6(3-9,8(10)11)4-12-5-7/h9H,2-5H2,1H3/t6-/m0/s1. The van der Waals surface area contributed by atoms with Gasteiger partial charge < -0.3 is 9.84 Å². The average molecular weight is 176 g/mol. The zero-order valence-electron chi connectivity index (χ0n) is 6.89. The van der Waals surface area contributed by atoms with Crippen molar-refractivity contribution in [3.05, 3.63) is 10.1 Å². The minimum Gasteiger partial charge on any atom is -0.389 e. The van der Waals surface area contributed by atoms with Crippen molar-refractivity contribution >= 4 is 0 Å². The highest BCUT2D eigenvalue weighted by molar-refractivity contribution is 4.83. The van der Waals surface area contributed by atoms with Gasteiger partial charge in [0.25, 0.3) is 5.54 Å². The molecule has 1 heterocycles. The Bertz CT molecular complexity index is 186. The van der Waals surface area contributed by atoms with E-state index in [1.807, 2.05) is 0 Å². The van der Waals surface area contributed by atoms with E-state index in [9.17, 15) is 10.1 Å². The van der Waals surface area contributed by atoms with E-state index in [0.717, 1.165) is 0 Å². The number of hydrogen-bond donors (Lipinski definition) is 1. The molecule has 1 saturated heterocycles. The van der Waals surface area contributed by atoms with Gasteiger partial charge in [-0.2, -0.15) is 0 Å². The Balaban J connectivity index is 2.71. The molecule has 6 heteroatoms. The van der Waals surface area contributed by atoms with Gasteiger partial charge in [0.05, 0.1) is 13.3 Å². The van der Waals surface area contributed by atoms with E-state index in [2.05, 4.69) is 0 Å². The Hall–Kier alpha value is -0.720. The number of hydrogen-bond acceptors (Lipinski definition) is 5. The molecule has 0 aromatic carbocycles. The van der Waals surface area contributed by atoms with Crippen molar-refractivity contribution in [2.75, 3.05) is 33.5 Å². The Morgan fingerprint density at radius 2 is 2.50 bits per heavy atom. The number of nitro groups is 1. The lowest BCUT2D eigenvalue weighted by molar-refractivity contribution is -0.584. The summed E-state index contributed by atoms with van der Waals surface area (Å²) in [4.78, 5) is 11.8. The number of aliphatic hydroxyl groups excluding tert-OH is 1. The van der Waals surface area contributed by atoms with Crippen LogP contribution < -0.4 is 0 Å². The number of rotatable bonds is 2. The fourth-order valence-corrected chi connectivity index (χ4v) is 1.25. The highest BCUT2D eigenvalue weighted by Gasteiger charge is 2.46. The summed E-state index contributed by atoms with van der Waals surface area (Å²) >= 11 is 0. The molecule has 1 aliphatic rings. The van der Waals surface area contributed by atoms with Crippen molar-refractivity contribution in [1.82, 2.24) is 4.90 Å². The molecular weight excluding hydrogens is 164 g/mol. The highest BCUT2D eigenvalue weighted by atomic mass is 16.6. The molecule has 70 valence electrons. The third-order valence-electron chi connectivity index (χ3n) is 1.93. The van der Waals surface area contributed by atoms with Crippen LogP contribution in [0.25, 0.3) is 0 Å². The zero-order chi connectivity index (χ0) is 9.19. The first-order chi connectivity index (χ1) is 5.60. The van der Waals surface area contributed by atoms with E-state index in [0.29, 0.717) is 6.73 Å². The van der Waals surface area contributed by atoms with Gasteiger partial charge in [-0.1, -0.05) is 0 Å². The molecular formula is C6H12N2O4. The van der Waals surface area contributed by atoms with Crippen LogP contribution in [0.4, 0.5) is 0 Å². The second-order valence-corrected chi connectivity index (χ2v) is 3.13. The molecule has 0 saturated carbocycles. The van der Waals surface area contributed by atoms with Gasteiger partial charge in [0.2, 0.25) is 0 Å². The number of nitrogens with zero attached hydrogens (tertiary/aromatic N) is 2. The molecule has 0 radical (unpaired) electrons. The molecule has 0 bridgehead atoms. The smallest absolute Gasteiger partial charge is 0.280 e. The fourth-order valence-electron chi connectivity index (χ4n) is 1.25. The highest BCUT2D eigenvalue weighted by Crippen LogP contribution is 2.15. The Labute approximate surface area is 69.9 Å². The Morgan fingerprint density at radius 3 is 2.83 bits per heavy atom. The van der Waals surface area contributed by atoms with Gasteiger partial charge in [0.15, 0.2) is 0 Å². The SMILES string of the molecule is CN1COC[C@](CO)([N+](=O)[O-])C1. The number of likely N-dealkylation sites (N-methyl/N-ethyl adjacent to an activating group) is 1. The number of ether oxygens (including phenoxy) is 1. The van der Waals surface area contributed by atoms with Gasteiger partial charge in [-0.05, 0) is 7.05 Å². The summed E-state index contributed by atoms with van der Waals surface area (Å²) in [6.07, 6.45) is 0. The normalized spacial score (nSPS) is 31.8. The van der Waals surface area contributed by atoms with Crippen molar-refractivity contribution in [2.45, 2.75) is 5.54 Å². The molecule has 1 N–H and O–H groups in total. The van der Waals surface area contributed by atoms with Crippen LogP contribution in [-0.4, -0.2) is 54.0 Å². The summed E-state index contributed by atoms with van der Waals surface area (Å²) in [7, 11) is 1.72. The summed E-state index contributed by atoms with van der Waals surface area (Å²) in [6.45, 7) is 0.122. The second-order valence-electron chi connectivity index (χ2n) is 3.13. The molecule has 0 aliphatic carbocycles. The first-order valence-corrected chi connectivity index (χ1v) is 3.62. The van der Waals surface area contributed by atoms with Gasteiger partial charge in [-0.25, -0.2) is 0 Å². The third-order valence-corrected chi connectivity index (χ3v) is 1.93. The van der Waals surface area contributed by atoms with Crippen molar-refractivity contribution in [3.63, 3.8) is 0 Å². The van der Waals surface area contributed by atoms with Crippen LogP contribution in [0.5, 0.6) is 0 Å². The Morgan fingerprint density at radius 1 is 1.83 bits per heavy atom. The van der Waals surface area contributed by atoms with Gasteiger partial charge in [0.1, 0.15) is 13.2 Å². The van der Waals surface area contributed by atoms with E-state index >= 15 is 0 Å². The monoisotopic (exact) mass is 176 g/mol.